The van der Waals surface area contributed by atoms with Gasteiger partial charge in [0.05, 0.1) is 12.6 Å². The molecule has 0 aliphatic carbocycles. The van der Waals surface area contributed by atoms with Crippen molar-refractivity contribution in [2.24, 2.45) is 0 Å². The van der Waals surface area contributed by atoms with Gasteiger partial charge in [0, 0.05) is 0 Å². The number of aromatic nitrogens is 2. The van der Waals surface area contributed by atoms with Gasteiger partial charge in [-0.15, -0.1) is 10.2 Å². The molecule has 0 spiro atoms. The van der Waals surface area contributed by atoms with E-state index in [4.69, 9.17) is 10.8 Å². The van der Waals surface area contributed by atoms with Gasteiger partial charge in [-0.05, 0) is 18.6 Å². The smallest absolute Gasteiger partial charge is 0.149 e. The Labute approximate surface area is 77.0 Å². The van der Waals surface area contributed by atoms with Crippen LogP contribution in [0.1, 0.15) is 13.3 Å². The van der Waals surface area contributed by atoms with Gasteiger partial charge in [-0.3, -0.25) is 0 Å². The molecule has 72 valence electrons. The van der Waals surface area contributed by atoms with Crippen molar-refractivity contribution in [3.05, 3.63) is 12.1 Å². The third-order valence-corrected chi connectivity index (χ3v) is 1.75. The van der Waals surface area contributed by atoms with Crippen LogP contribution in [-0.4, -0.2) is 28.0 Å². The summed E-state index contributed by atoms with van der Waals surface area (Å²) < 4.78 is 0. The molecule has 0 aliphatic rings. The molecule has 0 fully saturated rings. The number of rotatable bonds is 4. The average molecular weight is 182 g/mol. The van der Waals surface area contributed by atoms with Crippen molar-refractivity contribution in [2.75, 3.05) is 17.7 Å². The van der Waals surface area contributed by atoms with Gasteiger partial charge in [0.15, 0.2) is 0 Å². The molecular weight excluding hydrogens is 168 g/mol. The van der Waals surface area contributed by atoms with Crippen LogP contribution in [0, 0.1) is 0 Å². The van der Waals surface area contributed by atoms with Crippen molar-refractivity contribution < 1.29 is 5.11 Å². The molecule has 0 amide bonds. The Balaban J connectivity index is 2.58. The number of nitrogens with zero attached hydrogens (tertiary/aromatic N) is 2. The zero-order chi connectivity index (χ0) is 9.68. The van der Waals surface area contributed by atoms with Crippen molar-refractivity contribution in [1.29, 1.82) is 0 Å². The summed E-state index contributed by atoms with van der Waals surface area (Å²) in [5.74, 6) is 1.03. The van der Waals surface area contributed by atoms with Crippen LogP contribution in [0.15, 0.2) is 12.1 Å². The number of nitrogens with two attached hydrogens (primary N) is 1. The second-order valence-electron chi connectivity index (χ2n) is 2.78. The molecule has 0 bridgehead atoms. The Bertz CT molecular complexity index is 245. The van der Waals surface area contributed by atoms with Crippen LogP contribution in [0.5, 0.6) is 0 Å². The third-order valence-electron chi connectivity index (χ3n) is 1.75. The van der Waals surface area contributed by atoms with Gasteiger partial charge in [-0.2, -0.15) is 0 Å². The lowest BCUT2D eigenvalue weighted by Gasteiger charge is -2.13. The Hall–Kier alpha value is -1.36. The minimum absolute atomic E-state index is 0.0259. The predicted molar refractivity (Wildman–Crippen MR) is 51.2 cm³/mol. The summed E-state index contributed by atoms with van der Waals surface area (Å²) in [7, 11) is 0. The number of hydrogen-bond donors (Lipinski definition) is 3. The van der Waals surface area contributed by atoms with Crippen LogP contribution >= 0.6 is 0 Å². The SMILES string of the molecule is CCC(CO)Nc1ccc(N)nn1. The Morgan fingerprint density at radius 1 is 1.54 bits per heavy atom. The number of aliphatic hydroxyl groups is 1. The molecule has 1 heterocycles. The molecule has 1 atom stereocenters. The molecule has 0 saturated heterocycles. The third kappa shape index (κ3) is 2.87. The van der Waals surface area contributed by atoms with Crippen molar-refractivity contribution in [1.82, 2.24) is 10.2 Å². The molecule has 1 aromatic rings. The van der Waals surface area contributed by atoms with Crippen LogP contribution in [0.2, 0.25) is 0 Å². The maximum absolute atomic E-state index is 8.91. The second-order valence-corrected chi connectivity index (χ2v) is 2.78. The van der Waals surface area contributed by atoms with E-state index < -0.39 is 0 Å². The molecular formula is C8H14N4O. The van der Waals surface area contributed by atoms with Gasteiger partial charge in [-0.25, -0.2) is 0 Å². The number of nitrogens with one attached hydrogen (secondary N) is 1. The van der Waals surface area contributed by atoms with Crippen LogP contribution < -0.4 is 11.1 Å². The van der Waals surface area contributed by atoms with E-state index in [9.17, 15) is 0 Å². The van der Waals surface area contributed by atoms with Crippen molar-refractivity contribution in [3.8, 4) is 0 Å². The maximum atomic E-state index is 8.91. The fourth-order valence-corrected chi connectivity index (χ4v) is 0.906. The summed E-state index contributed by atoms with van der Waals surface area (Å²) in [5.41, 5.74) is 5.37. The van der Waals surface area contributed by atoms with Gasteiger partial charge in [0.2, 0.25) is 0 Å². The maximum Gasteiger partial charge on any atom is 0.149 e. The van der Waals surface area contributed by atoms with Crippen LogP contribution in [0.4, 0.5) is 11.6 Å². The molecule has 0 aliphatic heterocycles. The summed E-state index contributed by atoms with van der Waals surface area (Å²) >= 11 is 0. The summed E-state index contributed by atoms with van der Waals surface area (Å²) in [6, 6.07) is 3.43. The predicted octanol–water partition coefficient (Wildman–Crippen LogP) is 0.242. The van der Waals surface area contributed by atoms with Crippen molar-refractivity contribution in [2.45, 2.75) is 19.4 Å². The van der Waals surface area contributed by atoms with Crippen molar-refractivity contribution >= 4 is 11.6 Å². The first-order valence-electron chi connectivity index (χ1n) is 4.23. The molecule has 1 aromatic heterocycles. The zero-order valence-corrected chi connectivity index (χ0v) is 7.57. The highest BCUT2D eigenvalue weighted by atomic mass is 16.3. The van der Waals surface area contributed by atoms with Crippen LogP contribution in [0.25, 0.3) is 0 Å². The molecule has 13 heavy (non-hydrogen) atoms. The first-order chi connectivity index (χ1) is 6.26. The normalized spacial score (nSPS) is 12.5. The van der Waals surface area contributed by atoms with E-state index in [1.54, 1.807) is 12.1 Å². The summed E-state index contributed by atoms with van der Waals surface area (Å²) in [6.07, 6.45) is 0.836. The van der Waals surface area contributed by atoms with Gasteiger partial charge < -0.3 is 16.2 Å². The zero-order valence-electron chi connectivity index (χ0n) is 7.57. The molecule has 1 unspecified atom stereocenters. The Kier molecular flexibility index (Phi) is 3.45. The van der Waals surface area contributed by atoms with Crippen molar-refractivity contribution in [3.63, 3.8) is 0 Å². The molecule has 5 heteroatoms. The lowest BCUT2D eigenvalue weighted by molar-refractivity contribution is 0.271. The van der Waals surface area contributed by atoms with Gasteiger partial charge in [0.25, 0.3) is 0 Å². The Morgan fingerprint density at radius 2 is 2.31 bits per heavy atom. The second kappa shape index (κ2) is 4.61. The fourth-order valence-electron chi connectivity index (χ4n) is 0.906. The summed E-state index contributed by atoms with van der Waals surface area (Å²) in [5, 5.41) is 19.4. The minimum Gasteiger partial charge on any atom is -0.394 e. The lowest BCUT2D eigenvalue weighted by atomic mass is 10.2. The topological polar surface area (TPSA) is 84.1 Å². The van der Waals surface area contributed by atoms with Gasteiger partial charge >= 0.3 is 0 Å². The van der Waals surface area contributed by atoms with E-state index in [-0.39, 0.29) is 12.6 Å². The average Bonchev–Trinajstić information content (AvgIpc) is 2.17. The van der Waals surface area contributed by atoms with Gasteiger partial charge in [-0.1, -0.05) is 6.92 Å². The van der Waals surface area contributed by atoms with E-state index in [1.807, 2.05) is 6.92 Å². The quantitative estimate of drug-likeness (QED) is 0.621. The number of aliphatic hydroxyl groups excluding tert-OH is 1. The Morgan fingerprint density at radius 3 is 2.77 bits per heavy atom. The van der Waals surface area contributed by atoms with Gasteiger partial charge in [0.1, 0.15) is 11.6 Å². The number of nitrogen functional groups attached to an aromatic ring is 1. The molecule has 0 aromatic carbocycles. The lowest BCUT2D eigenvalue weighted by Crippen LogP contribution is -2.23. The fraction of sp³-hybridized carbons (Fsp3) is 0.500. The van der Waals surface area contributed by atoms with E-state index in [2.05, 4.69) is 15.5 Å². The monoisotopic (exact) mass is 182 g/mol. The highest BCUT2D eigenvalue weighted by molar-refractivity contribution is 5.39. The number of hydrogen-bond acceptors (Lipinski definition) is 5. The van der Waals surface area contributed by atoms with Crippen LogP contribution in [0.3, 0.4) is 0 Å². The first kappa shape index (κ1) is 9.73. The summed E-state index contributed by atoms with van der Waals surface area (Å²) in [4.78, 5) is 0. The minimum atomic E-state index is 0.0259. The van der Waals surface area contributed by atoms with E-state index in [1.165, 1.54) is 0 Å². The molecule has 1 rings (SSSR count). The highest BCUT2D eigenvalue weighted by Gasteiger charge is 2.04. The first-order valence-corrected chi connectivity index (χ1v) is 4.23. The molecule has 0 radical (unpaired) electrons. The molecule has 5 nitrogen and oxygen atoms in total. The van der Waals surface area contributed by atoms with E-state index >= 15 is 0 Å². The highest BCUT2D eigenvalue weighted by Crippen LogP contribution is 2.05. The van der Waals surface area contributed by atoms with E-state index in [0.29, 0.717) is 11.6 Å². The number of anilines is 2. The molecule has 0 saturated carbocycles. The molecule has 4 N–H and O–H groups in total. The van der Waals surface area contributed by atoms with Crippen LogP contribution in [-0.2, 0) is 0 Å². The standard InChI is InChI=1S/C8H14N4O/c1-2-6(5-13)10-8-4-3-7(9)11-12-8/h3-4,6,13H,2,5H2,1H3,(H2,9,11)(H,10,12). The summed E-state index contributed by atoms with van der Waals surface area (Å²) in [6.45, 7) is 2.07. The largest absolute Gasteiger partial charge is 0.394 e. The van der Waals surface area contributed by atoms with E-state index in [0.717, 1.165) is 6.42 Å².